The molecule has 2 heterocycles. The summed E-state index contributed by atoms with van der Waals surface area (Å²) >= 11 is 0. The summed E-state index contributed by atoms with van der Waals surface area (Å²) in [5.74, 6) is 1.78. The van der Waals surface area contributed by atoms with Gasteiger partial charge in [-0.15, -0.1) is 0 Å². The molecule has 0 N–H and O–H groups in total. The quantitative estimate of drug-likeness (QED) is 0.696. The standard InChI is InChI=1S/C15H12NO2.V/c1-3-7-13-11(5-1)9-16-10-12-6-2-4-8-14(12)18-15(16)17-13;/h1-8H,9-10H2;/q-1;. The van der Waals surface area contributed by atoms with Crippen molar-refractivity contribution in [2.75, 3.05) is 0 Å². The van der Waals surface area contributed by atoms with E-state index in [4.69, 9.17) is 9.47 Å². The van der Waals surface area contributed by atoms with Crippen molar-refractivity contribution in [3.63, 3.8) is 0 Å². The monoisotopic (exact) mass is 289 g/mol. The molecule has 2 aliphatic heterocycles. The maximum atomic E-state index is 5.81. The van der Waals surface area contributed by atoms with Crippen molar-refractivity contribution < 1.29 is 28.0 Å². The van der Waals surface area contributed by atoms with Gasteiger partial charge in [-0.1, -0.05) is 36.4 Å². The Morgan fingerprint density at radius 3 is 1.79 bits per heavy atom. The van der Waals surface area contributed by atoms with Crippen LogP contribution in [-0.2, 0) is 31.6 Å². The molecule has 95 valence electrons. The van der Waals surface area contributed by atoms with E-state index in [0.29, 0.717) is 6.41 Å². The predicted molar refractivity (Wildman–Crippen MR) is 66.6 cm³/mol. The molecule has 0 bridgehead atoms. The first-order chi connectivity index (χ1) is 8.90. The minimum absolute atomic E-state index is 0. The van der Waals surface area contributed by atoms with Crippen LogP contribution in [0.15, 0.2) is 48.5 Å². The van der Waals surface area contributed by atoms with Crippen LogP contribution in [0.2, 0.25) is 0 Å². The fourth-order valence-corrected chi connectivity index (χ4v) is 2.40. The minimum atomic E-state index is 0. The van der Waals surface area contributed by atoms with Crippen LogP contribution in [0, 0.1) is 6.41 Å². The van der Waals surface area contributed by atoms with Crippen molar-refractivity contribution in [1.82, 2.24) is 4.90 Å². The van der Waals surface area contributed by atoms with Crippen molar-refractivity contribution in [2.24, 2.45) is 0 Å². The van der Waals surface area contributed by atoms with Gasteiger partial charge >= 0.3 is 0 Å². The van der Waals surface area contributed by atoms with E-state index in [2.05, 4.69) is 17.0 Å². The van der Waals surface area contributed by atoms with E-state index in [-0.39, 0.29) is 18.6 Å². The van der Waals surface area contributed by atoms with Crippen LogP contribution < -0.4 is 9.47 Å². The SMILES string of the molecule is [V].c1ccc2c(c1)CN1Cc3ccccc3O[C-]1O2. The topological polar surface area (TPSA) is 21.7 Å². The third kappa shape index (κ3) is 2.14. The van der Waals surface area contributed by atoms with Crippen LogP contribution in [0.25, 0.3) is 0 Å². The molecule has 0 atom stereocenters. The van der Waals surface area contributed by atoms with E-state index in [1.807, 2.05) is 36.4 Å². The Hall–Kier alpha value is -1.42. The van der Waals surface area contributed by atoms with E-state index in [9.17, 15) is 0 Å². The Morgan fingerprint density at radius 1 is 0.789 bits per heavy atom. The van der Waals surface area contributed by atoms with Crippen molar-refractivity contribution in [3.8, 4) is 11.5 Å². The van der Waals surface area contributed by atoms with Crippen LogP contribution in [0.3, 0.4) is 0 Å². The molecule has 2 aliphatic rings. The van der Waals surface area contributed by atoms with Crippen LogP contribution in [0.4, 0.5) is 0 Å². The molecule has 0 saturated heterocycles. The summed E-state index contributed by atoms with van der Waals surface area (Å²) in [6, 6.07) is 16.2. The van der Waals surface area contributed by atoms with Gasteiger partial charge in [0.05, 0.1) is 17.9 Å². The van der Waals surface area contributed by atoms with Gasteiger partial charge in [0.15, 0.2) is 0 Å². The third-order valence-electron chi connectivity index (χ3n) is 3.32. The van der Waals surface area contributed by atoms with Gasteiger partial charge in [-0.25, -0.2) is 0 Å². The normalized spacial score (nSPS) is 17.1. The minimum Gasteiger partial charge on any atom is -0.605 e. The van der Waals surface area contributed by atoms with Crippen LogP contribution in [0.1, 0.15) is 11.1 Å². The van der Waals surface area contributed by atoms with Gasteiger partial charge in [0.1, 0.15) is 0 Å². The van der Waals surface area contributed by atoms with Gasteiger partial charge in [-0.05, 0) is 12.1 Å². The van der Waals surface area contributed by atoms with E-state index >= 15 is 0 Å². The van der Waals surface area contributed by atoms with E-state index < -0.39 is 0 Å². The summed E-state index contributed by atoms with van der Waals surface area (Å²) in [5.41, 5.74) is 2.40. The summed E-state index contributed by atoms with van der Waals surface area (Å²) in [6.07, 6.45) is 0.590. The predicted octanol–water partition coefficient (Wildman–Crippen LogP) is 2.92. The number of fused-ring (bicyclic) bond motifs is 3. The molecule has 19 heavy (non-hydrogen) atoms. The number of nitrogens with zero attached hydrogens (tertiary/aromatic N) is 1. The van der Waals surface area contributed by atoms with Crippen LogP contribution in [-0.4, -0.2) is 4.90 Å². The molecule has 0 spiro atoms. The maximum absolute atomic E-state index is 5.81. The second-order valence-electron chi connectivity index (χ2n) is 4.54. The van der Waals surface area contributed by atoms with Crippen molar-refractivity contribution in [1.29, 1.82) is 0 Å². The Morgan fingerprint density at radius 2 is 1.26 bits per heavy atom. The zero-order valence-corrected chi connectivity index (χ0v) is 11.6. The molecule has 0 saturated carbocycles. The molecule has 0 amide bonds. The summed E-state index contributed by atoms with van der Waals surface area (Å²) in [7, 11) is 0. The summed E-state index contributed by atoms with van der Waals surface area (Å²) in [4.78, 5) is 2.12. The molecule has 0 aromatic heterocycles. The second kappa shape index (κ2) is 4.93. The first-order valence-corrected chi connectivity index (χ1v) is 6.03. The van der Waals surface area contributed by atoms with Crippen molar-refractivity contribution >= 4 is 0 Å². The van der Waals surface area contributed by atoms with Gasteiger partial charge in [-0.3, -0.25) is 0 Å². The van der Waals surface area contributed by atoms with Crippen molar-refractivity contribution in [2.45, 2.75) is 13.1 Å². The molecule has 4 rings (SSSR count). The average molecular weight is 289 g/mol. The van der Waals surface area contributed by atoms with E-state index in [0.717, 1.165) is 24.6 Å². The molecule has 0 fully saturated rings. The Labute approximate surface area is 124 Å². The number of hydrogen-bond acceptors (Lipinski definition) is 3. The number of hydrogen-bond donors (Lipinski definition) is 0. The Balaban J connectivity index is 0.00000110. The zero-order valence-electron chi connectivity index (χ0n) is 10.2. The molecular weight excluding hydrogens is 277 g/mol. The average Bonchev–Trinajstić information content (AvgIpc) is 2.42. The Bertz CT molecular complexity index is 499. The largest absolute Gasteiger partial charge is 0.605 e. The first kappa shape index (κ1) is 12.6. The molecule has 1 radical (unpaired) electrons. The fraction of sp³-hybridized carbons (Fsp3) is 0.133. The van der Waals surface area contributed by atoms with Gasteiger partial charge in [0.2, 0.25) is 0 Å². The summed E-state index contributed by atoms with van der Waals surface area (Å²) in [6.45, 7) is 1.67. The van der Waals surface area contributed by atoms with Gasteiger partial charge < -0.3 is 14.4 Å². The van der Waals surface area contributed by atoms with Crippen molar-refractivity contribution in [3.05, 3.63) is 66.1 Å². The number of benzene rings is 2. The summed E-state index contributed by atoms with van der Waals surface area (Å²) in [5, 5.41) is 0. The van der Waals surface area contributed by atoms with E-state index in [1.165, 1.54) is 11.1 Å². The maximum Gasteiger partial charge on any atom is 0.0933 e. The molecular formula is C15H12NO2V-. The molecule has 0 aliphatic carbocycles. The molecule has 0 unspecified atom stereocenters. The van der Waals surface area contributed by atoms with Crippen LogP contribution >= 0.6 is 0 Å². The third-order valence-corrected chi connectivity index (χ3v) is 3.32. The fourth-order valence-electron chi connectivity index (χ4n) is 2.40. The van der Waals surface area contributed by atoms with Gasteiger partial charge in [0, 0.05) is 42.8 Å². The number of ether oxygens (including phenoxy) is 2. The van der Waals surface area contributed by atoms with Gasteiger partial charge in [-0.2, -0.15) is 0 Å². The van der Waals surface area contributed by atoms with Gasteiger partial charge in [0.25, 0.3) is 0 Å². The first-order valence-electron chi connectivity index (χ1n) is 6.03. The molecule has 3 nitrogen and oxygen atoms in total. The smallest absolute Gasteiger partial charge is 0.0933 e. The Kier molecular flexibility index (Phi) is 3.27. The molecule has 4 heteroatoms. The zero-order chi connectivity index (χ0) is 11.9. The van der Waals surface area contributed by atoms with Crippen LogP contribution in [0.5, 0.6) is 11.5 Å². The van der Waals surface area contributed by atoms with E-state index in [1.54, 1.807) is 0 Å². The number of rotatable bonds is 0. The number of para-hydroxylation sites is 2. The molecule has 2 aromatic carbocycles. The summed E-state index contributed by atoms with van der Waals surface area (Å²) < 4.78 is 11.6. The second-order valence-corrected chi connectivity index (χ2v) is 4.54. The molecule has 2 aromatic rings.